The van der Waals surface area contributed by atoms with Crippen molar-refractivity contribution < 1.29 is 9.53 Å². The van der Waals surface area contributed by atoms with Crippen molar-refractivity contribution in [2.24, 2.45) is 17.1 Å². The molecule has 0 aromatic carbocycles. The van der Waals surface area contributed by atoms with E-state index in [1.165, 1.54) is 0 Å². The molecule has 6 heteroatoms. The summed E-state index contributed by atoms with van der Waals surface area (Å²) < 4.78 is 5.42. The molecule has 2 aliphatic heterocycles. The van der Waals surface area contributed by atoms with E-state index in [1.54, 1.807) is 0 Å². The van der Waals surface area contributed by atoms with Gasteiger partial charge in [-0.3, -0.25) is 4.79 Å². The number of primary amides is 1. The van der Waals surface area contributed by atoms with E-state index in [9.17, 15) is 4.79 Å². The molecule has 0 atom stereocenters. The van der Waals surface area contributed by atoms with Gasteiger partial charge in [-0.1, -0.05) is 19.9 Å². The summed E-state index contributed by atoms with van der Waals surface area (Å²) in [5.41, 5.74) is 6.62. The van der Waals surface area contributed by atoms with Crippen LogP contribution in [0.4, 0.5) is 11.6 Å². The second-order valence-corrected chi connectivity index (χ2v) is 8.09. The number of nitrogens with two attached hydrogens (primary N) is 1. The smallest absolute Gasteiger partial charge is 0.221 e. The van der Waals surface area contributed by atoms with Crippen molar-refractivity contribution >= 4 is 17.5 Å². The van der Waals surface area contributed by atoms with Gasteiger partial charge >= 0.3 is 0 Å². The SMILES string of the molecule is CC1(C)CCN(c2nc(NCC3CCOCC3)ccc2CC(N)=O)C1. The fourth-order valence-electron chi connectivity index (χ4n) is 3.67. The lowest BCUT2D eigenvalue weighted by atomic mass is 9.93. The first-order valence-electron chi connectivity index (χ1n) is 9.28. The summed E-state index contributed by atoms with van der Waals surface area (Å²) in [6.07, 6.45) is 3.56. The average Bonchev–Trinajstić information content (AvgIpc) is 2.94. The molecule has 0 bridgehead atoms. The molecule has 25 heavy (non-hydrogen) atoms. The summed E-state index contributed by atoms with van der Waals surface area (Å²) in [4.78, 5) is 18.6. The van der Waals surface area contributed by atoms with E-state index in [-0.39, 0.29) is 17.7 Å². The quantitative estimate of drug-likeness (QED) is 0.825. The predicted molar refractivity (Wildman–Crippen MR) is 99.8 cm³/mol. The topological polar surface area (TPSA) is 80.5 Å². The standard InChI is InChI=1S/C19H30N4O2/c1-19(2)7-8-23(13-19)18-15(11-16(20)24)3-4-17(22-18)21-12-14-5-9-25-10-6-14/h3-4,14H,5-13H2,1-2H3,(H2,20,24)(H,21,22). The molecular formula is C19H30N4O2. The maximum atomic E-state index is 11.4. The maximum Gasteiger partial charge on any atom is 0.221 e. The summed E-state index contributed by atoms with van der Waals surface area (Å²) in [5, 5.41) is 3.47. The summed E-state index contributed by atoms with van der Waals surface area (Å²) in [6.45, 7) is 9.08. The Balaban J connectivity index is 1.74. The number of hydrogen-bond donors (Lipinski definition) is 2. The number of aromatic nitrogens is 1. The van der Waals surface area contributed by atoms with Crippen LogP contribution in [0.1, 0.15) is 38.7 Å². The highest BCUT2D eigenvalue weighted by molar-refractivity contribution is 5.78. The van der Waals surface area contributed by atoms with Crippen molar-refractivity contribution in [1.82, 2.24) is 4.98 Å². The first-order valence-corrected chi connectivity index (χ1v) is 9.28. The number of ether oxygens (including phenoxy) is 1. The molecule has 2 aliphatic rings. The summed E-state index contributed by atoms with van der Waals surface area (Å²) in [6, 6.07) is 3.95. The van der Waals surface area contributed by atoms with Crippen molar-refractivity contribution in [3.63, 3.8) is 0 Å². The molecule has 3 N–H and O–H groups in total. The number of amides is 1. The number of pyridine rings is 1. The number of anilines is 2. The van der Waals surface area contributed by atoms with E-state index in [0.717, 1.165) is 69.3 Å². The first kappa shape index (κ1) is 18.0. The maximum absolute atomic E-state index is 11.4. The van der Waals surface area contributed by atoms with Crippen molar-refractivity contribution in [1.29, 1.82) is 0 Å². The van der Waals surface area contributed by atoms with Gasteiger partial charge in [0.2, 0.25) is 5.91 Å². The Hall–Kier alpha value is -1.82. The van der Waals surface area contributed by atoms with E-state index in [1.807, 2.05) is 12.1 Å². The molecule has 3 heterocycles. The fraction of sp³-hybridized carbons (Fsp3) is 0.684. The van der Waals surface area contributed by atoms with Crippen molar-refractivity contribution in [2.75, 3.05) is 43.1 Å². The van der Waals surface area contributed by atoms with Crippen LogP contribution in [0.2, 0.25) is 0 Å². The van der Waals surface area contributed by atoms with Gasteiger partial charge in [-0.05, 0) is 36.7 Å². The molecule has 0 saturated carbocycles. The minimum absolute atomic E-state index is 0.236. The van der Waals surface area contributed by atoms with Crippen LogP contribution in [0.15, 0.2) is 12.1 Å². The molecule has 2 saturated heterocycles. The van der Waals surface area contributed by atoms with Crippen LogP contribution in [0.25, 0.3) is 0 Å². The van der Waals surface area contributed by atoms with Gasteiger partial charge in [0.25, 0.3) is 0 Å². The number of hydrogen-bond acceptors (Lipinski definition) is 5. The van der Waals surface area contributed by atoms with Crippen LogP contribution in [0.3, 0.4) is 0 Å². The third kappa shape index (κ3) is 4.84. The molecule has 1 aromatic heterocycles. The number of carbonyl (C=O) groups is 1. The zero-order valence-corrected chi connectivity index (χ0v) is 15.4. The van der Waals surface area contributed by atoms with Gasteiger partial charge in [0.1, 0.15) is 11.6 Å². The minimum atomic E-state index is -0.315. The van der Waals surface area contributed by atoms with E-state index in [2.05, 4.69) is 24.1 Å². The van der Waals surface area contributed by atoms with E-state index < -0.39 is 0 Å². The molecule has 6 nitrogen and oxygen atoms in total. The van der Waals surface area contributed by atoms with Gasteiger partial charge < -0.3 is 20.7 Å². The summed E-state index contributed by atoms with van der Waals surface area (Å²) in [7, 11) is 0. The van der Waals surface area contributed by atoms with Gasteiger partial charge in [0, 0.05) is 38.4 Å². The molecule has 1 amide bonds. The second kappa shape index (κ2) is 7.60. The third-order valence-corrected chi connectivity index (χ3v) is 5.21. The average molecular weight is 346 g/mol. The van der Waals surface area contributed by atoms with E-state index in [4.69, 9.17) is 15.5 Å². The van der Waals surface area contributed by atoms with Crippen LogP contribution in [-0.4, -0.2) is 43.7 Å². The largest absolute Gasteiger partial charge is 0.381 e. The second-order valence-electron chi connectivity index (χ2n) is 8.09. The van der Waals surface area contributed by atoms with Gasteiger partial charge in [-0.2, -0.15) is 0 Å². The zero-order valence-electron chi connectivity index (χ0n) is 15.4. The van der Waals surface area contributed by atoms with E-state index >= 15 is 0 Å². The number of nitrogens with zero attached hydrogens (tertiary/aromatic N) is 2. The predicted octanol–water partition coefficient (Wildman–Crippen LogP) is 2.18. The lowest BCUT2D eigenvalue weighted by Gasteiger charge is -2.25. The molecule has 3 rings (SSSR count). The van der Waals surface area contributed by atoms with Crippen LogP contribution in [0.5, 0.6) is 0 Å². The van der Waals surface area contributed by atoms with Gasteiger partial charge in [-0.15, -0.1) is 0 Å². The number of rotatable bonds is 6. The summed E-state index contributed by atoms with van der Waals surface area (Å²) >= 11 is 0. The van der Waals surface area contributed by atoms with Crippen molar-refractivity contribution in [3.05, 3.63) is 17.7 Å². The first-order chi connectivity index (χ1) is 11.9. The Kier molecular flexibility index (Phi) is 5.47. The molecule has 0 radical (unpaired) electrons. The lowest BCUT2D eigenvalue weighted by Crippen LogP contribution is -2.27. The van der Waals surface area contributed by atoms with Gasteiger partial charge in [0.15, 0.2) is 0 Å². The number of nitrogens with one attached hydrogen (secondary N) is 1. The van der Waals surface area contributed by atoms with Crippen LogP contribution < -0.4 is 16.0 Å². The van der Waals surface area contributed by atoms with Gasteiger partial charge in [0.05, 0.1) is 6.42 Å². The highest BCUT2D eigenvalue weighted by atomic mass is 16.5. The molecular weight excluding hydrogens is 316 g/mol. The monoisotopic (exact) mass is 346 g/mol. The highest BCUT2D eigenvalue weighted by Gasteiger charge is 2.31. The van der Waals surface area contributed by atoms with Crippen LogP contribution in [-0.2, 0) is 16.0 Å². The Morgan fingerprint density at radius 2 is 2.16 bits per heavy atom. The van der Waals surface area contributed by atoms with Crippen molar-refractivity contribution in [2.45, 2.75) is 39.5 Å². The zero-order chi connectivity index (χ0) is 17.9. The molecule has 0 spiro atoms. The Morgan fingerprint density at radius 1 is 1.40 bits per heavy atom. The molecule has 1 aromatic rings. The molecule has 2 fully saturated rings. The Bertz CT molecular complexity index is 611. The Labute approximate surface area is 150 Å². The number of carbonyl (C=O) groups excluding carboxylic acids is 1. The van der Waals surface area contributed by atoms with E-state index in [0.29, 0.717) is 5.92 Å². The fourth-order valence-corrected chi connectivity index (χ4v) is 3.67. The molecule has 0 unspecified atom stereocenters. The summed E-state index contributed by atoms with van der Waals surface area (Å²) in [5.74, 6) is 2.10. The normalized spacial score (nSPS) is 20.6. The molecule has 0 aliphatic carbocycles. The minimum Gasteiger partial charge on any atom is -0.381 e. The molecule has 138 valence electrons. The van der Waals surface area contributed by atoms with Crippen molar-refractivity contribution in [3.8, 4) is 0 Å². The highest BCUT2D eigenvalue weighted by Crippen LogP contribution is 2.34. The third-order valence-electron chi connectivity index (χ3n) is 5.21. The van der Waals surface area contributed by atoms with Gasteiger partial charge in [-0.25, -0.2) is 4.98 Å². The van der Waals surface area contributed by atoms with Crippen LogP contribution in [0, 0.1) is 11.3 Å². The Morgan fingerprint density at radius 3 is 2.80 bits per heavy atom. The lowest BCUT2D eigenvalue weighted by molar-refractivity contribution is -0.117. The van der Waals surface area contributed by atoms with Crippen LogP contribution >= 0.6 is 0 Å².